The van der Waals surface area contributed by atoms with E-state index in [0.717, 1.165) is 0 Å². The number of amides is 1. The number of thiocarbonyl (C=S) groups is 1. The fourth-order valence-electron chi connectivity index (χ4n) is 1.80. The summed E-state index contributed by atoms with van der Waals surface area (Å²) >= 11 is 11.6. The quantitative estimate of drug-likeness (QED) is 0.477. The highest BCUT2D eigenvalue weighted by Crippen LogP contribution is 2.35. The number of methoxy groups -OCH3 is 1. The van der Waals surface area contributed by atoms with E-state index in [1.807, 2.05) is 0 Å². The third-order valence-corrected chi connectivity index (χ3v) is 4.27. The second-order valence-electron chi connectivity index (χ2n) is 4.40. The average molecular weight is 460 g/mol. The number of anilines is 1. The number of rotatable bonds is 3. The molecule has 0 unspecified atom stereocenters. The number of carbonyl (C=O) groups excluding carboxylic acids is 1. The van der Waals surface area contributed by atoms with Crippen LogP contribution in [-0.4, -0.2) is 23.2 Å². The van der Waals surface area contributed by atoms with Gasteiger partial charge in [0, 0.05) is 5.69 Å². The van der Waals surface area contributed by atoms with Crippen LogP contribution >= 0.6 is 44.1 Å². The van der Waals surface area contributed by atoms with Crippen LogP contribution in [0.1, 0.15) is 10.4 Å². The normalized spacial score (nSPS) is 10.0. The molecule has 0 saturated carbocycles. The minimum atomic E-state index is -0.378. The average Bonchev–Trinajstić information content (AvgIpc) is 2.52. The third kappa shape index (κ3) is 4.43. The van der Waals surface area contributed by atoms with E-state index in [9.17, 15) is 9.90 Å². The van der Waals surface area contributed by atoms with Crippen LogP contribution in [-0.2, 0) is 0 Å². The molecular formula is C15H12Br2N2O3S. The molecule has 0 fully saturated rings. The summed E-state index contributed by atoms with van der Waals surface area (Å²) in [5.41, 5.74) is 0.985. The van der Waals surface area contributed by atoms with Gasteiger partial charge in [0.1, 0.15) is 11.5 Å². The summed E-state index contributed by atoms with van der Waals surface area (Å²) in [6.45, 7) is 0. The Morgan fingerprint density at radius 1 is 1.22 bits per heavy atom. The Hall–Kier alpha value is -1.64. The molecule has 0 aliphatic heterocycles. The molecule has 3 N–H and O–H groups in total. The third-order valence-electron chi connectivity index (χ3n) is 2.85. The molecule has 2 aromatic rings. The first-order valence-corrected chi connectivity index (χ1v) is 8.35. The molecule has 0 heterocycles. The van der Waals surface area contributed by atoms with E-state index >= 15 is 0 Å². The molecule has 2 aromatic carbocycles. The van der Waals surface area contributed by atoms with E-state index in [0.29, 0.717) is 25.9 Å². The Labute approximate surface area is 155 Å². The molecule has 2 rings (SSSR count). The van der Waals surface area contributed by atoms with Crippen molar-refractivity contribution in [3.8, 4) is 11.5 Å². The standard InChI is InChI=1S/C15H12Br2N2O3S/c1-22-12-5-3-2-4-9(12)14(21)19-15(23)18-8-6-10(16)13(20)11(17)7-8/h2-7,20H,1H3,(H2,18,19,21,23). The van der Waals surface area contributed by atoms with Gasteiger partial charge in [-0.15, -0.1) is 0 Å². The van der Waals surface area contributed by atoms with Crippen molar-refractivity contribution in [2.75, 3.05) is 12.4 Å². The van der Waals surface area contributed by atoms with Crippen molar-refractivity contribution in [1.29, 1.82) is 0 Å². The van der Waals surface area contributed by atoms with Crippen molar-refractivity contribution >= 4 is 60.8 Å². The Bertz CT molecular complexity index is 745. The zero-order valence-corrected chi connectivity index (χ0v) is 15.9. The first kappa shape index (κ1) is 17.7. The fraction of sp³-hybridized carbons (Fsp3) is 0.0667. The highest BCUT2D eigenvalue weighted by atomic mass is 79.9. The van der Waals surface area contributed by atoms with Crippen LogP contribution in [0.5, 0.6) is 11.5 Å². The van der Waals surface area contributed by atoms with Crippen molar-refractivity contribution in [2.24, 2.45) is 0 Å². The van der Waals surface area contributed by atoms with Gasteiger partial charge in [0.2, 0.25) is 0 Å². The Balaban J connectivity index is 2.09. The molecule has 0 spiro atoms. The van der Waals surface area contributed by atoms with Crippen LogP contribution in [0.15, 0.2) is 45.3 Å². The Kier molecular flexibility index (Phi) is 5.97. The van der Waals surface area contributed by atoms with Gasteiger partial charge in [0.15, 0.2) is 5.11 Å². The number of ether oxygens (including phenoxy) is 1. The second kappa shape index (κ2) is 7.76. The molecule has 0 aliphatic rings. The highest BCUT2D eigenvalue weighted by molar-refractivity contribution is 9.11. The van der Waals surface area contributed by atoms with Gasteiger partial charge in [0.05, 0.1) is 21.6 Å². The van der Waals surface area contributed by atoms with Crippen molar-refractivity contribution in [2.45, 2.75) is 0 Å². The SMILES string of the molecule is COc1ccccc1C(=O)NC(=S)Nc1cc(Br)c(O)c(Br)c1. The molecule has 0 bridgehead atoms. The van der Waals surface area contributed by atoms with E-state index in [4.69, 9.17) is 17.0 Å². The molecule has 120 valence electrons. The largest absolute Gasteiger partial charge is 0.506 e. The highest BCUT2D eigenvalue weighted by Gasteiger charge is 2.13. The summed E-state index contributed by atoms with van der Waals surface area (Å²) in [5.74, 6) is 0.166. The zero-order valence-electron chi connectivity index (χ0n) is 11.9. The number of halogens is 2. The lowest BCUT2D eigenvalue weighted by atomic mass is 10.2. The lowest BCUT2D eigenvalue weighted by molar-refractivity contribution is 0.0975. The minimum Gasteiger partial charge on any atom is -0.506 e. The Morgan fingerprint density at radius 3 is 2.43 bits per heavy atom. The maximum Gasteiger partial charge on any atom is 0.261 e. The van der Waals surface area contributed by atoms with Gasteiger partial charge in [0.25, 0.3) is 5.91 Å². The molecule has 0 saturated heterocycles. The fourth-order valence-corrected chi connectivity index (χ4v) is 3.20. The van der Waals surface area contributed by atoms with E-state index in [-0.39, 0.29) is 16.8 Å². The molecule has 0 aromatic heterocycles. The number of benzene rings is 2. The van der Waals surface area contributed by atoms with Gasteiger partial charge in [-0.05, 0) is 68.3 Å². The number of phenolic OH excluding ortho intramolecular Hbond substituents is 1. The molecule has 0 atom stereocenters. The van der Waals surface area contributed by atoms with Crippen LogP contribution in [0, 0.1) is 0 Å². The monoisotopic (exact) mass is 458 g/mol. The van der Waals surface area contributed by atoms with Gasteiger partial charge < -0.3 is 15.2 Å². The number of hydrogen-bond donors (Lipinski definition) is 3. The van der Waals surface area contributed by atoms with E-state index in [1.54, 1.807) is 36.4 Å². The topological polar surface area (TPSA) is 70.6 Å². The predicted octanol–water partition coefficient (Wildman–Crippen LogP) is 4.05. The van der Waals surface area contributed by atoms with Crippen molar-refractivity contribution in [3.05, 3.63) is 50.9 Å². The lowest BCUT2D eigenvalue weighted by Gasteiger charge is -2.12. The van der Waals surface area contributed by atoms with Gasteiger partial charge in [-0.3, -0.25) is 10.1 Å². The molecule has 23 heavy (non-hydrogen) atoms. The molecule has 5 nitrogen and oxygen atoms in total. The van der Waals surface area contributed by atoms with E-state index < -0.39 is 0 Å². The van der Waals surface area contributed by atoms with Gasteiger partial charge in [-0.2, -0.15) is 0 Å². The first-order chi connectivity index (χ1) is 10.9. The van der Waals surface area contributed by atoms with Crippen molar-refractivity contribution < 1.29 is 14.6 Å². The number of phenols is 1. The molecule has 0 radical (unpaired) electrons. The predicted molar refractivity (Wildman–Crippen MR) is 100 cm³/mol. The summed E-state index contributed by atoms with van der Waals surface area (Å²) in [7, 11) is 1.49. The number of para-hydroxylation sites is 1. The molecule has 8 heteroatoms. The first-order valence-electron chi connectivity index (χ1n) is 6.35. The maximum atomic E-state index is 12.2. The number of nitrogens with one attached hydrogen (secondary N) is 2. The molecular weight excluding hydrogens is 448 g/mol. The number of hydrogen-bond acceptors (Lipinski definition) is 4. The number of carbonyl (C=O) groups is 1. The molecule has 0 aliphatic carbocycles. The van der Waals surface area contributed by atoms with E-state index in [1.165, 1.54) is 7.11 Å². The summed E-state index contributed by atoms with van der Waals surface area (Å²) in [4.78, 5) is 12.2. The van der Waals surface area contributed by atoms with Crippen LogP contribution in [0.3, 0.4) is 0 Å². The Morgan fingerprint density at radius 2 is 1.83 bits per heavy atom. The molecule has 1 amide bonds. The summed E-state index contributed by atoms with van der Waals surface area (Å²) in [6.07, 6.45) is 0. The van der Waals surface area contributed by atoms with Gasteiger partial charge in [-0.1, -0.05) is 12.1 Å². The summed E-state index contributed by atoms with van der Waals surface area (Å²) < 4.78 is 6.13. The van der Waals surface area contributed by atoms with Gasteiger partial charge >= 0.3 is 0 Å². The smallest absolute Gasteiger partial charge is 0.261 e. The minimum absolute atomic E-state index is 0.0829. The van der Waals surface area contributed by atoms with Crippen LogP contribution in [0.2, 0.25) is 0 Å². The lowest BCUT2D eigenvalue weighted by Crippen LogP contribution is -2.34. The maximum absolute atomic E-state index is 12.2. The second-order valence-corrected chi connectivity index (χ2v) is 6.51. The van der Waals surface area contributed by atoms with Crippen molar-refractivity contribution in [3.63, 3.8) is 0 Å². The van der Waals surface area contributed by atoms with Crippen LogP contribution in [0.4, 0.5) is 5.69 Å². The van der Waals surface area contributed by atoms with E-state index in [2.05, 4.69) is 42.5 Å². The summed E-state index contributed by atoms with van der Waals surface area (Å²) in [6, 6.07) is 10.1. The van der Waals surface area contributed by atoms with Gasteiger partial charge in [-0.25, -0.2) is 0 Å². The van der Waals surface area contributed by atoms with Crippen LogP contribution < -0.4 is 15.4 Å². The van der Waals surface area contributed by atoms with Crippen LogP contribution in [0.25, 0.3) is 0 Å². The zero-order chi connectivity index (χ0) is 17.0. The number of aromatic hydroxyl groups is 1. The van der Waals surface area contributed by atoms with Crippen molar-refractivity contribution in [1.82, 2.24) is 5.32 Å². The summed E-state index contributed by atoms with van der Waals surface area (Å²) in [5, 5.41) is 15.3.